The van der Waals surface area contributed by atoms with Crippen LogP contribution >= 0.6 is 0 Å². The molecule has 3 aromatic carbocycles. The third-order valence-electron chi connectivity index (χ3n) is 3.91. The zero-order valence-electron chi connectivity index (χ0n) is 14.5. The minimum Gasteiger partial charge on any atom is -0.485 e. The minimum atomic E-state index is -4.29. The van der Waals surface area contributed by atoms with Gasteiger partial charge in [-0.05, 0) is 23.6 Å². The van der Waals surface area contributed by atoms with E-state index in [4.69, 9.17) is 4.74 Å². The first-order valence-corrected chi connectivity index (χ1v) is 8.30. The van der Waals surface area contributed by atoms with Crippen molar-refractivity contribution in [2.24, 2.45) is 0 Å². The molecule has 0 saturated heterocycles. The number of anilines is 2. The number of fused-ring (bicyclic) bond motifs is 1. The molecule has 0 saturated carbocycles. The molecule has 0 aliphatic carbocycles. The first-order chi connectivity index (χ1) is 13.4. The van der Waals surface area contributed by atoms with Crippen LogP contribution < -0.4 is 15.4 Å². The topological polar surface area (TPSA) is 50.4 Å². The second-order valence-corrected chi connectivity index (χ2v) is 5.95. The average molecular weight is 392 g/mol. The monoisotopic (exact) mass is 392 g/mol. The summed E-state index contributed by atoms with van der Waals surface area (Å²) in [5.41, 5.74) is 0.628. The normalized spacial score (nSPS) is 11.5. The van der Waals surface area contributed by atoms with Crippen LogP contribution in [0.3, 0.4) is 0 Å². The Balaban J connectivity index is 1.72. The van der Waals surface area contributed by atoms with Gasteiger partial charge in [0.05, 0.1) is 11.4 Å². The van der Waals surface area contributed by atoms with Crippen molar-refractivity contribution >= 4 is 28.2 Å². The number of urea groups is 1. The van der Waals surface area contributed by atoms with Gasteiger partial charge in [-0.3, -0.25) is 0 Å². The SMILES string of the molecule is O=C(Nc1ccccc1OCC(F)(F)C(F)F)Nc1cccc2ccccc12. The van der Waals surface area contributed by atoms with E-state index in [1.54, 1.807) is 18.2 Å². The summed E-state index contributed by atoms with van der Waals surface area (Å²) in [5, 5.41) is 6.91. The maximum Gasteiger partial charge on any atom is 0.340 e. The van der Waals surface area contributed by atoms with Crippen LogP contribution in [0.25, 0.3) is 10.8 Å². The van der Waals surface area contributed by atoms with Gasteiger partial charge in [0.2, 0.25) is 0 Å². The predicted octanol–water partition coefficient (Wildman–Crippen LogP) is 5.76. The lowest BCUT2D eigenvalue weighted by atomic mass is 10.1. The van der Waals surface area contributed by atoms with Gasteiger partial charge >= 0.3 is 18.4 Å². The number of hydrogen-bond acceptors (Lipinski definition) is 2. The van der Waals surface area contributed by atoms with Crippen LogP contribution in [0, 0.1) is 0 Å². The summed E-state index contributed by atoms with van der Waals surface area (Å²) >= 11 is 0. The fraction of sp³-hybridized carbons (Fsp3) is 0.150. The van der Waals surface area contributed by atoms with E-state index in [2.05, 4.69) is 10.6 Å². The Hall–Kier alpha value is -3.29. The Bertz CT molecular complexity index is 974. The van der Waals surface area contributed by atoms with E-state index in [1.807, 2.05) is 30.3 Å². The lowest BCUT2D eigenvalue weighted by molar-refractivity contribution is -0.148. The molecule has 0 heterocycles. The predicted molar refractivity (Wildman–Crippen MR) is 99.5 cm³/mol. The van der Waals surface area contributed by atoms with E-state index in [9.17, 15) is 22.4 Å². The summed E-state index contributed by atoms with van der Waals surface area (Å²) in [6.45, 7) is -1.51. The zero-order valence-corrected chi connectivity index (χ0v) is 14.5. The number of para-hydroxylation sites is 2. The van der Waals surface area contributed by atoms with Crippen LogP contribution in [0.15, 0.2) is 66.7 Å². The molecule has 4 nitrogen and oxygen atoms in total. The molecule has 2 N–H and O–H groups in total. The number of amides is 2. The number of carbonyl (C=O) groups excluding carboxylic acids is 1. The van der Waals surface area contributed by atoms with E-state index < -0.39 is 25.0 Å². The maximum atomic E-state index is 13.1. The van der Waals surface area contributed by atoms with Crippen molar-refractivity contribution in [2.45, 2.75) is 12.3 Å². The molecule has 2 amide bonds. The van der Waals surface area contributed by atoms with Gasteiger partial charge in [0.1, 0.15) is 5.75 Å². The van der Waals surface area contributed by atoms with Gasteiger partial charge in [-0.15, -0.1) is 0 Å². The number of halogens is 4. The second-order valence-electron chi connectivity index (χ2n) is 5.95. The number of nitrogens with one attached hydrogen (secondary N) is 2. The number of rotatable bonds is 6. The van der Waals surface area contributed by atoms with Crippen molar-refractivity contribution in [1.82, 2.24) is 0 Å². The van der Waals surface area contributed by atoms with E-state index >= 15 is 0 Å². The lowest BCUT2D eigenvalue weighted by Gasteiger charge is -2.18. The molecule has 3 aromatic rings. The molecular weight excluding hydrogens is 376 g/mol. The molecule has 0 atom stereocenters. The standard InChI is InChI=1S/C20H16F4N2O2/c21-18(22)20(23,24)12-28-17-11-4-3-9-16(17)26-19(27)25-15-10-5-7-13-6-1-2-8-14(13)15/h1-11,18H,12H2,(H2,25,26,27). The first kappa shape index (κ1) is 19.5. The number of benzene rings is 3. The molecule has 0 unspecified atom stereocenters. The summed E-state index contributed by atoms with van der Waals surface area (Å²) in [5.74, 6) is -4.44. The molecule has 0 aliphatic rings. The molecule has 8 heteroatoms. The molecule has 0 bridgehead atoms. The molecule has 0 spiro atoms. The molecule has 28 heavy (non-hydrogen) atoms. The lowest BCUT2D eigenvalue weighted by Crippen LogP contribution is -2.34. The van der Waals surface area contributed by atoms with Gasteiger partial charge in [0.25, 0.3) is 0 Å². The number of hydrogen-bond donors (Lipinski definition) is 2. The molecule has 0 radical (unpaired) electrons. The molecule has 0 fully saturated rings. The number of alkyl halides is 4. The van der Waals surface area contributed by atoms with Crippen LogP contribution in [-0.2, 0) is 0 Å². The number of carbonyl (C=O) groups is 1. The molecule has 0 aromatic heterocycles. The highest BCUT2D eigenvalue weighted by atomic mass is 19.3. The second kappa shape index (κ2) is 8.16. The summed E-state index contributed by atoms with van der Waals surface area (Å²) in [7, 11) is 0. The van der Waals surface area contributed by atoms with E-state index in [-0.39, 0.29) is 11.4 Å². The van der Waals surface area contributed by atoms with Crippen molar-refractivity contribution in [2.75, 3.05) is 17.2 Å². The summed E-state index contributed by atoms with van der Waals surface area (Å²) < 4.78 is 55.6. The smallest absolute Gasteiger partial charge is 0.340 e. The fourth-order valence-corrected chi connectivity index (χ4v) is 2.54. The largest absolute Gasteiger partial charge is 0.485 e. The highest BCUT2D eigenvalue weighted by Crippen LogP contribution is 2.29. The highest BCUT2D eigenvalue weighted by Gasteiger charge is 2.41. The van der Waals surface area contributed by atoms with E-state index in [0.717, 1.165) is 10.8 Å². The minimum absolute atomic E-state index is 0.0744. The van der Waals surface area contributed by atoms with Gasteiger partial charge in [-0.25, -0.2) is 13.6 Å². The zero-order chi connectivity index (χ0) is 20.1. The Morgan fingerprint density at radius 1 is 0.893 bits per heavy atom. The number of ether oxygens (including phenoxy) is 1. The van der Waals surface area contributed by atoms with Crippen molar-refractivity contribution in [1.29, 1.82) is 0 Å². The van der Waals surface area contributed by atoms with Gasteiger partial charge in [-0.2, -0.15) is 8.78 Å². The Labute approximate surface area is 158 Å². The fourth-order valence-electron chi connectivity index (χ4n) is 2.54. The summed E-state index contributed by atoms with van der Waals surface area (Å²) in [4.78, 5) is 12.3. The summed E-state index contributed by atoms with van der Waals surface area (Å²) in [6, 6.07) is 17.9. The van der Waals surface area contributed by atoms with Crippen LogP contribution in [0.1, 0.15) is 0 Å². The van der Waals surface area contributed by atoms with Crippen LogP contribution in [0.5, 0.6) is 5.75 Å². The Morgan fingerprint density at radius 3 is 2.29 bits per heavy atom. The maximum absolute atomic E-state index is 13.1. The van der Waals surface area contributed by atoms with Crippen molar-refractivity contribution < 1.29 is 27.1 Å². The van der Waals surface area contributed by atoms with Gasteiger partial charge < -0.3 is 15.4 Å². The van der Waals surface area contributed by atoms with E-state index in [0.29, 0.717) is 5.69 Å². The van der Waals surface area contributed by atoms with Crippen molar-refractivity contribution in [3.8, 4) is 5.75 Å². The van der Waals surface area contributed by atoms with Crippen molar-refractivity contribution in [3.63, 3.8) is 0 Å². The molecule has 3 rings (SSSR count). The third kappa shape index (κ3) is 4.51. The Kier molecular flexibility index (Phi) is 5.67. The Morgan fingerprint density at radius 2 is 1.50 bits per heavy atom. The van der Waals surface area contributed by atoms with Crippen LogP contribution in [0.4, 0.5) is 33.7 Å². The quantitative estimate of drug-likeness (QED) is 0.524. The average Bonchev–Trinajstić information content (AvgIpc) is 2.67. The van der Waals surface area contributed by atoms with Gasteiger partial charge in [0.15, 0.2) is 6.61 Å². The molecule has 146 valence electrons. The highest BCUT2D eigenvalue weighted by molar-refractivity contribution is 6.06. The third-order valence-corrected chi connectivity index (χ3v) is 3.91. The van der Waals surface area contributed by atoms with E-state index in [1.165, 1.54) is 18.2 Å². The van der Waals surface area contributed by atoms with Crippen LogP contribution in [-0.4, -0.2) is 25.0 Å². The summed E-state index contributed by atoms with van der Waals surface area (Å²) in [6.07, 6.45) is -3.85. The molecular formula is C20H16F4N2O2. The first-order valence-electron chi connectivity index (χ1n) is 8.30. The van der Waals surface area contributed by atoms with Crippen molar-refractivity contribution in [3.05, 3.63) is 66.7 Å². The van der Waals surface area contributed by atoms with Crippen LogP contribution in [0.2, 0.25) is 0 Å². The van der Waals surface area contributed by atoms with Gasteiger partial charge in [-0.1, -0.05) is 48.5 Å². The molecule has 0 aliphatic heterocycles. The van der Waals surface area contributed by atoms with Gasteiger partial charge in [0, 0.05) is 5.39 Å².